The van der Waals surface area contributed by atoms with Crippen LogP contribution in [0.1, 0.15) is 11.1 Å². The van der Waals surface area contributed by atoms with E-state index in [9.17, 15) is 0 Å². The van der Waals surface area contributed by atoms with Crippen molar-refractivity contribution in [2.75, 3.05) is 14.2 Å². The Morgan fingerprint density at radius 1 is 0.444 bits per heavy atom. The van der Waals surface area contributed by atoms with Gasteiger partial charge in [0.1, 0.15) is 0 Å². The first-order valence-corrected chi connectivity index (χ1v) is 11.4. The van der Waals surface area contributed by atoms with Crippen molar-refractivity contribution in [2.45, 2.75) is 0 Å². The van der Waals surface area contributed by atoms with Gasteiger partial charge in [0.25, 0.3) is 0 Å². The van der Waals surface area contributed by atoms with Crippen LogP contribution in [0.5, 0.6) is 0 Å². The molecule has 36 heavy (non-hydrogen) atoms. The summed E-state index contributed by atoms with van der Waals surface area (Å²) in [5.74, 6) is 0. The molecule has 0 amide bonds. The minimum atomic E-state index is 0. The van der Waals surface area contributed by atoms with Crippen LogP contribution in [0.2, 0.25) is 0 Å². The van der Waals surface area contributed by atoms with E-state index < -0.39 is 0 Å². The molecule has 182 valence electrons. The van der Waals surface area contributed by atoms with E-state index in [2.05, 4.69) is 140 Å². The van der Waals surface area contributed by atoms with E-state index in [1.165, 1.54) is 32.7 Å². The molecule has 0 aliphatic heterocycles. The number of hydrogen-bond donors (Lipinski definition) is 0. The second-order valence-corrected chi connectivity index (χ2v) is 7.28. The van der Waals surface area contributed by atoms with Crippen molar-refractivity contribution in [3.63, 3.8) is 0 Å². The minimum absolute atomic E-state index is 0. The predicted octanol–water partition coefficient (Wildman–Crippen LogP) is 6.36. The largest absolute Gasteiger partial charge is 2.00 e. The summed E-state index contributed by atoms with van der Waals surface area (Å²) in [6.07, 6.45) is 2.17. The average molecular weight is 551 g/mol. The minimum Gasteiger partial charge on any atom is -0.857 e. The van der Waals surface area contributed by atoms with Crippen molar-refractivity contribution in [2.24, 2.45) is 0 Å². The van der Waals surface area contributed by atoms with Gasteiger partial charge in [-0.15, -0.1) is 101 Å². The Bertz CT molecular complexity index is 1140. The van der Waals surface area contributed by atoms with Crippen molar-refractivity contribution >= 4 is 21.5 Å². The Hall–Kier alpha value is -3.23. The van der Waals surface area contributed by atoms with Crippen LogP contribution in [0.25, 0.3) is 21.5 Å². The van der Waals surface area contributed by atoms with Gasteiger partial charge >= 0.3 is 26.2 Å². The molecule has 0 saturated carbocycles. The molecule has 0 spiro atoms. The molecule has 6 aromatic rings. The van der Waals surface area contributed by atoms with Crippen LogP contribution in [0.3, 0.4) is 0 Å². The third kappa shape index (κ3) is 10.6. The Labute approximate surface area is 234 Å². The van der Waals surface area contributed by atoms with Gasteiger partial charge in [-0.3, -0.25) is 0 Å². The molecule has 6 aromatic carbocycles. The van der Waals surface area contributed by atoms with E-state index >= 15 is 0 Å². The Morgan fingerprint density at radius 3 is 1.14 bits per heavy atom. The first kappa shape index (κ1) is 30.8. The molecule has 0 heterocycles. The molecule has 0 atom stereocenters. The predicted molar refractivity (Wildman–Crippen MR) is 146 cm³/mol. The molecule has 0 N–H and O–H groups in total. The van der Waals surface area contributed by atoms with Gasteiger partial charge in [0, 0.05) is 0 Å². The van der Waals surface area contributed by atoms with Crippen LogP contribution < -0.4 is 10.2 Å². The van der Waals surface area contributed by atoms with Crippen LogP contribution in [0, 0.1) is 6.42 Å². The first-order valence-electron chi connectivity index (χ1n) is 11.4. The molecular formula is C33H31O2Zr-3. The summed E-state index contributed by atoms with van der Waals surface area (Å²) in [6, 6.07) is 50.0. The Morgan fingerprint density at radius 2 is 0.778 bits per heavy atom. The summed E-state index contributed by atoms with van der Waals surface area (Å²) in [5, 5.41) is 21.8. The summed E-state index contributed by atoms with van der Waals surface area (Å²) in [4.78, 5) is 0. The SMILES string of the molecule is C[O-].C[O-].[Zr+2].c1ccc([CH-]c2ccccc2)cc1.c1ccc2[cH-]ccc2c1.c1ccc2[cH-]ccc2c1. The molecule has 0 unspecified atom stereocenters. The summed E-state index contributed by atoms with van der Waals surface area (Å²) < 4.78 is 0. The van der Waals surface area contributed by atoms with Crippen LogP contribution >= 0.6 is 0 Å². The fraction of sp³-hybridized carbons (Fsp3) is 0.0606. The molecule has 6 rings (SSSR count). The van der Waals surface area contributed by atoms with Gasteiger partial charge in [-0.1, -0.05) is 48.5 Å². The van der Waals surface area contributed by atoms with Crippen LogP contribution in [-0.2, 0) is 26.2 Å². The molecular weight excluding hydrogens is 520 g/mol. The van der Waals surface area contributed by atoms with Gasteiger partial charge in [0.05, 0.1) is 0 Å². The summed E-state index contributed by atoms with van der Waals surface area (Å²) in [6.45, 7) is 0. The van der Waals surface area contributed by atoms with Crippen LogP contribution in [-0.4, -0.2) is 14.2 Å². The van der Waals surface area contributed by atoms with Crippen molar-refractivity contribution < 1.29 is 36.4 Å². The van der Waals surface area contributed by atoms with Crippen molar-refractivity contribution in [3.8, 4) is 0 Å². The van der Waals surface area contributed by atoms with Gasteiger partial charge in [-0.05, 0) is 0 Å². The maximum absolute atomic E-state index is 8.25. The molecule has 0 aromatic heterocycles. The van der Waals surface area contributed by atoms with E-state index in [1.54, 1.807) is 0 Å². The fourth-order valence-electron chi connectivity index (χ4n) is 3.43. The average Bonchev–Trinajstić information content (AvgIpc) is 3.63. The first-order chi connectivity index (χ1) is 17.4. The van der Waals surface area contributed by atoms with E-state index in [0.29, 0.717) is 0 Å². The fourth-order valence-corrected chi connectivity index (χ4v) is 3.43. The zero-order valence-electron chi connectivity index (χ0n) is 20.8. The Kier molecular flexibility index (Phi) is 16.3. The number of rotatable bonds is 2. The van der Waals surface area contributed by atoms with E-state index in [4.69, 9.17) is 10.2 Å². The van der Waals surface area contributed by atoms with E-state index in [0.717, 1.165) is 14.2 Å². The molecule has 2 nitrogen and oxygen atoms in total. The van der Waals surface area contributed by atoms with E-state index in [-0.39, 0.29) is 26.2 Å². The van der Waals surface area contributed by atoms with E-state index in [1.807, 2.05) is 12.1 Å². The standard InChI is InChI=1S/C13H11.2C9H7.2CH3O.Zr/c1-3-7-12(8-4-1)11-13-9-5-2-6-10-13;2*1-2-5-9-7-3-6-8(9)4-1;2*1-2;/h1-11H;2*1-7H;2*1H3;/q5*-1;+2. The summed E-state index contributed by atoms with van der Waals surface area (Å²) >= 11 is 0. The van der Waals surface area contributed by atoms with Gasteiger partial charge in [-0.25, -0.2) is 0 Å². The summed E-state index contributed by atoms with van der Waals surface area (Å²) in [7, 11) is 1.50. The molecule has 0 bridgehead atoms. The van der Waals surface area contributed by atoms with Crippen molar-refractivity contribution in [1.29, 1.82) is 0 Å². The number of fused-ring (bicyclic) bond motifs is 2. The second kappa shape index (κ2) is 19.0. The third-order valence-corrected chi connectivity index (χ3v) is 5.03. The third-order valence-electron chi connectivity index (χ3n) is 5.03. The zero-order valence-corrected chi connectivity index (χ0v) is 23.2. The molecule has 0 saturated heterocycles. The maximum Gasteiger partial charge on any atom is 2.00 e. The smallest absolute Gasteiger partial charge is 0.857 e. The van der Waals surface area contributed by atoms with Gasteiger partial charge in [0.2, 0.25) is 0 Å². The quantitative estimate of drug-likeness (QED) is 0.236. The summed E-state index contributed by atoms with van der Waals surface area (Å²) in [5.41, 5.74) is 2.49. The Balaban J connectivity index is 0.000000253. The molecule has 0 aliphatic carbocycles. The van der Waals surface area contributed by atoms with Gasteiger partial charge < -0.3 is 10.2 Å². The van der Waals surface area contributed by atoms with Gasteiger partial charge in [-0.2, -0.15) is 49.3 Å². The van der Waals surface area contributed by atoms with Crippen LogP contribution in [0.4, 0.5) is 0 Å². The second-order valence-electron chi connectivity index (χ2n) is 7.28. The molecule has 0 aliphatic rings. The monoisotopic (exact) mass is 549 g/mol. The number of hydrogen-bond acceptors (Lipinski definition) is 2. The van der Waals surface area contributed by atoms with Crippen molar-refractivity contribution in [1.82, 2.24) is 0 Å². The van der Waals surface area contributed by atoms with Crippen molar-refractivity contribution in [3.05, 3.63) is 163 Å². The number of benzene rings is 4. The normalized spacial score (nSPS) is 8.89. The van der Waals surface area contributed by atoms with Crippen LogP contribution in [0.15, 0.2) is 146 Å². The molecule has 0 radical (unpaired) electrons. The molecule has 0 fully saturated rings. The molecule has 3 heteroatoms. The topological polar surface area (TPSA) is 46.1 Å². The zero-order chi connectivity index (χ0) is 25.1. The van der Waals surface area contributed by atoms with Gasteiger partial charge in [0.15, 0.2) is 0 Å². The maximum atomic E-state index is 8.25.